The smallest absolute Gasteiger partial charge is 0.330 e. The molecule has 0 saturated carbocycles. The van der Waals surface area contributed by atoms with Gasteiger partial charge < -0.3 is 9.47 Å². The van der Waals surface area contributed by atoms with Crippen LogP contribution in [0.3, 0.4) is 0 Å². The lowest BCUT2D eigenvalue weighted by molar-refractivity contribution is -0.137. The molecule has 4 heteroatoms. The Morgan fingerprint density at radius 2 is 1.77 bits per heavy atom. The number of hydrogen-bond acceptors (Lipinski definition) is 3. The van der Waals surface area contributed by atoms with Crippen molar-refractivity contribution in [1.29, 1.82) is 0 Å². The molecular formula is C18H17ClO3. The molecule has 0 saturated heterocycles. The van der Waals surface area contributed by atoms with Gasteiger partial charge in [-0.2, -0.15) is 0 Å². The lowest BCUT2D eigenvalue weighted by atomic mass is 10.2. The van der Waals surface area contributed by atoms with E-state index in [0.717, 1.165) is 16.9 Å². The van der Waals surface area contributed by atoms with Gasteiger partial charge in [0.05, 0.1) is 6.61 Å². The lowest BCUT2D eigenvalue weighted by Gasteiger charge is -2.06. The van der Waals surface area contributed by atoms with Gasteiger partial charge in [-0.05, 0) is 48.4 Å². The maximum absolute atomic E-state index is 11.2. The standard InChI is InChI=1S/C18H17ClO3/c1-2-21-18(20)12-7-14-5-10-17(11-6-14)22-13-15-3-8-16(19)9-4-15/h3-12H,2,13H2,1H3/b12-7+. The molecule has 2 aromatic carbocycles. The number of benzene rings is 2. The largest absolute Gasteiger partial charge is 0.489 e. The summed E-state index contributed by atoms with van der Waals surface area (Å²) in [5.74, 6) is 0.425. The van der Waals surface area contributed by atoms with Crippen molar-refractivity contribution >= 4 is 23.6 Å². The summed E-state index contributed by atoms with van der Waals surface area (Å²) in [5, 5.41) is 0.710. The van der Waals surface area contributed by atoms with Crippen molar-refractivity contribution in [3.63, 3.8) is 0 Å². The number of ether oxygens (including phenoxy) is 2. The average molecular weight is 317 g/mol. The molecule has 0 aliphatic carbocycles. The zero-order valence-corrected chi connectivity index (χ0v) is 13.0. The fourth-order valence-electron chi connectivity index (χ4n) is 1.78. The van der Waals surface area contributed by atoms with Gasteiger partial charge in [-0.1, -0.05) is 35.9 Å². The molecule has 0 amide bonds. The summed E-state index contributed by atoms with van der Waals surface area (Å²) in [4.78, 5) is 11.2. The molecule has 0 fully saturated rings. The van der Waals surface area contributed by atoms with Crippen molar-refractivity contribution in [2.45, 2.75) is 13.5 Å². The van der Waals surface area contributed by atoms with Crippen molar-refractivity contribution < 1.29 is 14.3 Å². The summed E-state index contributed by atoms with van der Waals surface area (Å²) in [5.41, 5.74) is 1.96. The molecule has 3 nitrogen and oxygen atoms in total. The lowest BCUT2D eigenvalue weighted by Crippen LogP contribution is -1.98. The number of halogens is 1. The summed E-state index contributed by atoms with van der Waals surface area (Å²) in [6.45, 7) is 2.63. The quantitative estimate of drug-likeness (QED) is 0.581. The van der Waals surface area contributed by atoms with Gasteiger partial charge in [-0.3, -0.25) is 0 Å². The molecule has 0 aromatic heterocycles. The number of hydrogen-bond donors (Lipinski definition) is 0. The van der Waals surface area contributed by atoms with Crippen LogP contribution in [0.1, 0.15) is 18.1 Å². The third-order valence-electron chi connectivity index (χ3n) is 2.90. The van der Waals surface area contributed by atoms with Gasteiger partial charge in [-0.25, -0.2) is 4.79 Å². The van der Waals surface area contributed by atoms with E-state index in [4.69, 9.17) is 21.1 Å². The SMILES string of the molecule is CCOC(=O)/C=C/c1ccc(OCc2ccc(Cl)cc2)cc1. The molecule has 0 unspecified atom stereocenters. The minimum Gasteiger partial charge on any atom is -0.489 e. The van der Waals surface area contributed by atoms with E-state index in [2.05, 4.69) is 0 Å². The molecule has 0 heterocycles. The highest BCUT2D eigenvalue weighted by molar-refractivity contribution is 6.30. The zero-order valence-electron chi connectivity index (χ0n) is 12.3. The van der Waals surface area contributed by atoms with Crippen LogP contribution in [0, 0.1) is 0 Å². The van der Waals surface area contributed by atoms with Crippen LogP contribution in [0.4, 0.5) is 0 Å². The highest BCUT2D eigenvalue weighted by Crippen LogP contribution is 2.16. The van der Waals surface area contributed by atoms with Crippen LogP contribution in [0.15, 0.2) is 54.6 Å². The first-order valence-electron chi connectivity index (χ1n) is 6.99. The van der Waals surface area contributed by atoms with E-state index in [0.29, 0.717) is 18.2 Å². The summed E-state index contributed by atoms with van der Waals surface area (Å²) in [6, 6.07) is 15.0. The first-order chi connectivity index (χ1) is 10.7. The summed E-state index contributed by atoms with van der Waals surface area (Å²) in [7, 11) is 0. The topological polar surface area (TPSA) is 35.5 Å². The van der Waals surface area contributed by atoms with Crippen molar-refractivity contribution in [2.75, 3.05) is 6.61 Å². The third-order valence-corrected chi connectivity index (χ3v) is 3.15. The van der Waals surface area contributed by atoms with Crippen LogP contribution in [0.25, 0.3) is 6.08 Å². The number of esters is 1. The van der Waals surface area contributed by atoms with E-state index in [1.165, 1.54) is 6.08 Å². The summed E-state index contributed by atoms with van der Waals surface area (Å²) < 4.78 is 10.5. The fraction of sp³-hybridized carbons (Fsp3) is 0.167. The number of carbonyl (C=O) groups excluding carboxylic acids is 1. The molecule has 114 valence electrons. The summed E-state index contributed by atoms with van der Waals surface area (Å²) >= 11 is 5.84. The monoisotopic (exact) mass is 316 g/mol. The fourth-order valence-corrected chi connectivity index (χ4v) is 1.90. The Bertz CT molecular complexity index is 630. The van der Waals surface area contributed by atoms with E-state index in [-0.39, 0.29) is 5.97 Å². The predicted octanol–water partition coefficient (Wildman–Crippen LogP) is 4.50. The first kappa shape index (κ1) is 16.1. The molecule has 2 aromatic rings. The van der Waals surface area contributed by atoms with Crippen LogP contribution in [0.5, 0.6) is 5.75 Å². The molecule has 0 aliphatic rings. The van der Waals surface area contributed by atoms with Gasteiger partial charge in [0.15, 0.2) is 0 Å². The Morgan fingerprint density at radius 3 is 2.41 bits per heavy atom. The van der Waals surface area contributed by atoms with Gasteiger partial charge in [0.25, 0.3) is 0 Å². The van der Waals surface area contributed by atoms with Crippen LogP contribution < -0.4 is 4.74 Å². The molecule has 0 radical (unpaired) electrons. The highest BCUT2D eigenvalue weighted by Gasteiger charge is 1.98. The molecule has 22 heavy (non-hydrogen) atoms. The van der Waals surface area contributed by atoms with E-state index in [1.807, 2.05) is 48.5 Å². The average Bonchev–Trinajstić information content (AvgIpc) is 2.54. The number of carbonyl (C=O) groups is 1. The molecular weight excluding hydrogens is 300 g/mol. The van der Waals surface area contributed by atoms with Gasteiger partial charge >= 0.3 is 5.97 Å². The van der Waals surface area contributed by atoms with Crippen molar-refractivity contribution in [2.24, 2.45) is 0 Å². The van der Waals surface area contributed by atoms with E-state index < -0.39 is 0 Å². The van der Waals surface area contributed by atoms with Gasteiger partial charge in [-0.15, -0.1) is 0 Å². The third kappa shape index (κ3) is 5.26. The van der Waals surface area contributed by atoms with E-state index in [9.17, 15) is 4.79 Å². The Hall–Kier alpha value is -2.26. The van der Waals surface area contributed by atoms with E-state index in [1.54, 1.807) is 13.0 Å². The van der Waals surface area contributed by atoms with Gasteiger partial charge in [0, 0.05) is 11.1 Å². The van der Waals surface area contributed by atoms with Gasteiger partial charge in [0.1, 0.15) is 12.4 Å². The van der Waals surface area contributed by atoms with Crippen molar-refractivity contribution in [1.82, 2.24) is 0 Å². The van der Waals surface area contributed by atoms with Crippen LogP contribution in [-0.2, 0) is 16.1 Å². The second-order valence-electron chi connectivity index (χ2n) is 4.57. The Labute approximate surface area is 135 Å². The maximum atomic E-state index is 11.2. The van der Waals surface area contributed by atoms with Crippen molar-refractivity contribution in [3.8, 4) is 5.75 Å². The van der Waals surface area contributed by atoms with Crippen molar-refractivity contribution in [3.05, 3.63) is 70.8 Å². The minimum absolute atomic E-state index is 0.342. The molecule has 0 atom stereocenters. The first-order valence-corrected chi connectivity index (χ1v) is 7.37. The molecule has 0 spiro atoms. The van der Waals surface area contributed by atoms with E-state index >= 15 is 0 Å². The predicted molar refractivity (Wildman–Crippen MR) is 87.9 cm³/mol. The molecule has 2 rings (SSSR count). The van der Waals surface area contributed by atoms with Crippen LogP contribution in [0.2, 0.25) is 5.02 Å². The maximum Gasteiger partial charge on any atom is 0.330 e. The highest BCUT2D eigenvalue weighted by atomic mass is 35.5. The number of rotatable bonds is 6. The molecule has 0 N–H and O–H groups in total. The second-order valence-corrected chi connectivity index (χ2v) is 5.01. The summed E-state index contributed by atoms with van der Waals surface area (Å²) in [6.07, 6.45) is 3.12. The Balaban J connectivity index is 1.89. The Morgan fingerprint density at radius 1 is 1.09 bits per heavy atom. The van der Waals surface area contributed by atoms with Crippen LogP contribution in [-0.4, -0.2) is 12.6 Å². The van der Waals surface area contributed by atoms with Crippen LogP contribution >= 0.6 is 11.6 Å². The minimum atomic E-state index is -0.342. The zero-order chi connectivity index (χ0) is 15.8. The van der Waals surface area contributed by atoms with Gasteiger partial charge in [0.2, 0.25) is 0 Å². The Kier molecular flexibility index (Phi) is 6.04. The molecule has 0 bridgehead atoms. The molecule has 0 aliphatic heterocycles. The normalized spacial score (nSPS) is 10.6. The second kappa shape index (κ2) is 8.25.